The van der Waals surface area contributed by atoms with E-state index in [2.05, 4.69) is 21.2 Å². The SMILES string of the molecule is COC[C@H](C)NC(=O)c1cc(C(=O)CBr)cc(-c2ccc(C)cc2)c1. The molecule has 0 fully saturated rings. The maximum Gasteiger partial charge on any atom is 0.251 e. The highest BCUT2D eigenvalue weighted by atomic mass is 79.9. The number of ketones is 1. The summed E-state index contributed by atoms with van der Waals surface area (Å²) >= 11 is 3.20. The first-order chi connectivity index (χ1) is 11.9. The minimum atomic E-state index is -0.220. The van der Waals surface area contributed by atoms with Gasteiger partial charge in [0.15, 0.2) is 5.78 Å². The quantitative estimate of drug-likeness (QED) is 0.561. The van der Waals surface area contributed by atoms with Crippen molar-refractivity contribution in [3.63, 3.8) is 0 Å². The minimum absolute atomic E-state index is 0.0621. The van der Waals surface area contributed by atoms with Crippen LogP contribution in [0, 0.1) is 6.92 Å². The van der Waals surface area contributed by atoms with Crippen molar-refractivity contribution in [1.29, 1.82) is 0 Å². The fourth-order valence-corrected chi connectivity index (χ4v) is 2.83. The minimum Gasteiger partial charge on any atom is -0.383 e. The number of aryl methyl sites for hydroxylation is 1. The number of rotatable bonds is 7. The molecular formula is C20H22BrNO3. The molecule has 2 rings (SSSR count). The summed E-state index contributed by atoms with van der Waals surface area (Å²) in [7, 11) is 1.59. The van der Waals surface area contributed by atoms with E-state index in [0.717, 1.165) is 16.7 Å². The Balaban J connectivity index is 2.41. The molecule has 0 aliphatic carbocycles. The number of carbonyl (C=O) groups excluding carboxylic acids is 2. The Bertz CT molecular complexity index is 756. The number of halogens is 1. The Kier molecular flexibility index (Phi) is 6.91. The molecule has 1 atom stereocenters. The molecule has 1 amide bonds. The number of hydrogen-bond donors (Lipinski definition) is 1. The van der Waals surface area contributed by atoms with Gasteiger partial charge >= 0.3 is 0 Å². The molecule has 0 saturated heterocycles. The normalized spacial score (nSPS) is 11.8. The maximum absolute atomic E-state index is 12.5. The molecule has 0 aliphatic rings. The molecule has 0 saturated carbocycles. The molecule has 0 radical (unpaired) electrons. The van der Waals surface area contributed by atoms with Crippen molar-refractivity contribution in [3.8, 4) is 11.1 Å². The first-order valence-corrected chi connectivity index (χ1v) is 9.18. The van der Waals surface area contributed by atoms with Gasteiger partial charge in [-0.05, 0) is 43.2 Å². The number of methoxy groups -OCH3 is 1. The average molecular weight is 404 g/mol. The van der Waals surface area contributed by atoms with E-state index in [-0.39, 0.29) is 23.1 Å². The number of Topliss-reactive ketones (excluding diaryl/α,β-unsaturated/α-hetero) is 1. The molecule has 0 heterocycles. The van der Waals surface area contributed by atoms with Crippen molar-refractivity contribution in [2.75, 3.05) is 19.0 Å². The van der Waals surface area contributed by atoms with E-state index < -0.39 is 0 Å². The lowest BCUT2D eigenvalue weighted by molar-refractivity contribution is 0.0905. The summed E-state index contributed by atoms with van der Waals surface area (Å²) in [5, 5.41) is 3.10. The van der Waals surface area contributed by atoms with E-state index in [4.69, 9.17) is 4.74 Å². The summed E-state index contributed by atoms with van der Waals surface area (Å²) in [4.78, 5) is 24.7. The van der Waals surface area contributed by atoms with Crippen molar-refractivity contribution in [2.45, 2.75) is 19.9 Å². The molecule has 4 nitrogen and oxygen atoms in total. The Morgan fingerprint density at radius 1 is 1.08 bits per heavy atom. The third-order valence-electron chi connectivity index (χ3n) is 3.82. The molecular weight excluding hydrogens is 382 g/mol. The van der Waals surface area contributed by atoms with Gasteiger partial charge in [0.1, 0.15) is 0 Å². The summed E-state index contributed by atoms with van der Waals surface area (Å²) in [6.45, 7) is 4.32. The van der Waals surface area contributed by atoms with Gasteiger partial charge in [-0.15, -0.1) is 0 Å². The number of carbonyl (C=O) groups is 2. The molecule has 132 valence electrons. The van der Waals surface area contributed by atoms with E-state index in [1.807, 2.05) is 50.2 Å². The van der Waals surface area contributed by atoms with Crippen molar-refractivity contribution < 1.29 is 14.3 Å². The van der Waals surface area contributed by atoms with Crippen molar-refractivity contribution in [3.05, 3.63) is 59.2 Å². The zero-order chi connectivity index (χ0) is 18.4. The highest BCUT2D eigenvalue weighted by Crippen LogP contribution is 2.24. The number of alkyl halides is 1. The van der Waals surface area contributed by atoms with E-state index >= 15 is 0 Å². The average Bonchev–Trinajstić information content (AvgIpc) is 2.61. The third kappa shape index (κ3) is 5.25. The second-order valence-electron chi connectivity index (χ2n) is 6.05. The molecule has 1 N–H and O–H groups in total. The van der Waals surface area contributed by atoms with E-state index in [1.165, 1.54) is 0 Å². The van der Waals surface area contributed by atoms with Crippen molar-refractivity contribution in [1.82, 2.24) is 5.32 Å². The van der Waals surface area contributed by atoms with Crippen LogP contribution >= 0.6 is 15.9 Å². The number of ether oxygens (including phenoxy) is 1. The molecule has 0 bridgehead atoms. The van der Waals surface area contributed by atoms with Gasteiger partial charge in [-0.2, -0.15) is 0 Å². The molecule has 25 heavy (non-hydrogen) atoms. The largest absolute Gasteiger partial charge is 0.383 e. The molecule has 2 aromatic rings. The Morgan fingerprint density at radius 3 is 2.32 bits per heavy atom. The number of nitrogens with one attached hydrogen (secondary N) is 1. The molecule has 0 spiro atoms. The molecule has 0 unspecified atom stereocenters. The van der Waals surface area contributed by atoms with Gasteiger partial charge in [-0.1, -0.05) is 45.8 Å². The fraction of sp³-hybridized carbons (Fsp3) is 0.300. The van der Waals surface area contributed by atoms with Crippen LogP contribution in [-0.2, 0) is 4.74 Å². The van der Waals surface area contributed by atoms with Gasteiger partial charge in [0, 0.05) is 24.3 Å². The van der Waals surface area contributed by atoms with Gasteiger partial charge < -0.3 is 10.1 Å². The fourth-order valence-electron chi connectivity index (χ4n) is 2.51. The predicted molar refractivity (Wildman–Crippen MR) is 104 cm³/mol. The number of hydrogen-bond acceptors (Lipinski definition) is 3. The summed E-state index contributed by atoms with van der Waals surface area (Å²) in [5.41, 5.74) is 3.94. The first-order valence-electron chi connectivity index (χ1n) is 8.05. The van der Waals surface area contributed by atoms with Crippen LogP contribution in [0.2, 0.25) is 0 Å². The summed E-state index contributed by atoms with van der Waals surface area (Å²) < 4.78 is 5.05. The van der Waals surface area contributed by atoms with Crippen LogP contribution in [0.5, 0.6) is 0 Å². The predicted octanol–water partition coefficient (Wildman–Crippen LogP) is 4.00. The number of benzene rings is 2. The van der Waals surface area contributed by atoms with Gasteiger partial charge in [-0.25, -0.2) is 0 Å². The second-order valence-corrected chi connectivity index (χ2v) is 6.61. The molecule has 0 aromatic heterocycles. The van der Waals surface area contributed by atoms with Gasteiger partial charge in [0.25, 0.3) is 5.91 Å². The van der Waals surface area contributed by atoms with Crippen LogP contribution in [0.1, 0.15) is 33.2 Å². The van der Waals surface area contributed by atoms with Crippen LogP contribution in [-0.4, -0.2) is 36.8 Å². The monoisotopic (exact) mass is 403 g/mol. The molecule has 2 aromatic carbocycles. The van der Waals surface area contributed by atoms with Gasteiger partial charge in [0.05, 0.1) is 11.9 Å². The van der Waals surface area contributed by atoms with E-state index in [1.54, 1.807) is 13.2 Å². The Hall–Kier alpha value is -1.98. The molecule has 0 aliphatic heterocycles. The lowest BCUT2D eigenvalue weighted by atomic mass is 9.97. The van der Waals surface area contributed by atoms with Crippen LogP contribution in [0.15, 0.2) is 42.5 Å². The lowest BCUT2D eigenvalue weighted by Crippen LogP contribution is -2.35. The van der Waals surface area contributed by atoms with Crippen LogP contribution in [0.25, 0.3) is 11.1 Å². The van der Waals surface area contributed by atoms with Gasteiger partial charge in [0.2, 0.25) is 0 Å². The smallest absolute Gasteiger partial charge is 0.251 e. The van der Waals surface area contributed by atoms with E-state index in [9.17, 15) is 9.59 Å². The lowest BCUT2D eigenvalue weighted by Gasteiger charge is -2.14. The van der Waals surface area contributed by atoms with Crippen LogP contribution in [0.3, 0.4) is 0 Å². The zero-order valence-electron chi connectivity index (χ0n) is 14.6. The Morgan fingerprint density at radius 2 is 1.72 bits per heavy atom. The third-order valence-corrected chi connectivity index (χ3v) is 4.33. The zero-order valence-corrected chi connectivity index (χ0v) is 16.2. The number of amides is 1. The van der Waals surface area contributed by atoms with Crippen molar-refractivity contribution >= 4 is 27.6 Å². The standard InChI is InChI=1S/C20H22BrNO3/c1-13-4-6-15(7-5-13)16-8-17(19(23)11-21)10-18(9-16)20(24)22-14(2)12-25-3/h4-10,14H,11-12H2,1-3H3,(H,22,24)/t14-/m0/s1. The summed E-state index contributed by atoms with van der Waals surface area (Å²) in [6, 6.07) is 13.1. The maximum atomic E-state index is 12.5. The van der Waals surface area contributed by atoms with Crippen molar-refractivity contribution in [2.24, 2.45) is 0 Å². The van der Waals surface area contributed by atoms with Crippen LogP contribution in [0.4, 0.5) is 0 Å². The topological polar surface area (TPSA) is 55.4 Å². The molecule has 5 heteroatoms. The van der Waals surface area contributed by atoms with E-state index in [0.29, 0.717) is 17.7 Å². The summed E-state index contributed by atoms with van der Waals surface area (Å²) in [5.74, 6) is -0.282. The second kappa shape index (κ2) is 8.92. The summed E-state index contributed by atoms with van der Waals surface area (Å²) in [6.07, 6.45) is 0. The first kappa shape index (κ1) is 19.3. The van der Waals surface area contributed by atoms with Crippen LogP contribution < -0.4 is 5.32 Å². The Labute approximate surface area is 156 Å². The van der Waals surface area contributed by atoms with Gasteiger partial charge in [-0.3, -0.25) is 9.59 Å². The highest BCUT2D eigenvalue weighted by molar-refractivity contribution is 9.09. The highest BCUT2D eigenvalue weighted by Gasteiger charge is 2.15.